The lowest BCUT2D eigenvalue weighted by molar-refractivity contribution is -0.121. The van der Waals surface area contributed by atoms with Crippen LogP contribution in [0.15, 0.2) is 0 Å². The molecule has 0 amide bonds. The maximum atomic E-state index is 11.1. The van der Waals surface area contributed by atoms with Gasteiger partial charge < -0.3 is 4.90 Å². The lowest BCUT2D eigenvalue weighted by Gasteiger charge is -2.38. The maximum absolute atomic E-state index is 11.1. The number of Topliss-reactive ketones (excluding diaryl/α,β-unsaturated/α-hetero) is 1. The van der Waals surface area contributed by atoms with Crippen LogP contribution in [-0.2, 0) is 4.79 Å². The minimum atomic E-state index is 0.478. The average Bonchev–Trinajstić information content (AvgIpc) is 2.19. The van der Waals surface area contributed by atoms with E-state index in [-0.39, 0.29) is 0 Å². The summed E-state index contributed by atoms with van der Waals surface area (Å²) in [7, 11) is 0. The fourth-order valence-electron chi connectivity index (χ4n) is 2.85. The highest BCUT2D eigenvalue weighted by Gasteiger charge is 2.27. The maximum Gasteiger partial charge on any atom is 0.133 e. The second-order valence-corrected chi connectivity index (χ2v) is 5.01. The molecule has 0 bridgehead atoms. The predicted molar refractivity (Wildman–Crippen MR) is 57.2 cm³/mol. The van der Waals surface area contributed by atoms with Gasteiger partial charge in [-0.2, -0.15) is 0 Å². The summed E-state index contributed by atoms with van der Waals surface area (Å²) in [5.41, 5.74) is 0. The Morgan fingerprint density at radius 1 is 1.21 bits per heavy atom. The molecule has 1 unspecified atom stereocenters. The van der Waals surface area contributed by atoms with Gasteiger partial charge in [0.25, 0.3) is 0 Å². The topological polar surface area (TPSA) is 20.3 Å². The van der Waals surface area contributed by atoms with E-state index in [0.29, 0.717) is 5.78 Å². The third-order valence-electron chi connectivity index (χ3n) is 3.72. The molecule has 0 aromatic rings. The molecule has 0 spiro atoms. The average molecular weight is 195 g/mol. The van der Waals surface area contributed by atoms with Crippen molar-refractivity contribution in [3.63, 3.8) is 0 Å². The zero-order chi connectivity index (χ0) is 9.97. The molecule has 1 saturated heterocycles. The lowest BCUT2D eigenvalue weighted by atomic mass is 9.90. The van der Waals surface area contributed by atoms with E-state index in [9.17, 15) is 4.79 Å². The third-order valence-corrected chi connectivity index (χ3v) is 3.72. The Hall–Kier alpha value is -0.370. The highest BCUT2D eigenvalue weighted by atomic mass is 16.1. The quantitative estimate of drug-likeness (QED) is 0.639. The molecule has 1 aliphatic heterocycles. The van der Waals surface area contributed by atoms with E-state index in [4.69, 9.17) is 0 Å². The van der Waals surface area contributed by atoms with Gasteiger partial charge in [-0.3, -0.25) is 4.79 Å². The van der Waals surface area contributed by atoms with Crippen LogP contribution in [0.4, 0.5) is 0 Å². The van der Waals surface area contributed by atoms with Gasteiger partial charge in [-0.1, -0.05) is 6.92 Å². The van der Waals surface area contributed by atoms with Crippen LogP contribution in [0.25, 0.3) is 0 Å². The van der Waals surface area contributed by atoms with Gasteiger partial charge in [0.05, 0.1) is 0 Å². The number of hydrogen-bond donors (Lipinski definition) is 0. The SMILES string of the molecule is CC1CCCN(C2CCC(=O)CC2)C1. The second kappa shape index (κ2) is 4.43. The van der Waals surface area contributed by atoms with Crippen molar-refractivity contribution in [1.29, 1.82) is 0 Å². The highest BCUT2D eigenvalue weighted by molar-refractivity contribution is 5.79. The molecule has 14 heavy (non-hydrogen) atoms. The fraction of sp³-hybridized carbons (Fsp3) is 0.917. The van der Waals surface area contributed by atoms with Crippen molar-refractivity contribution in [2.24, 2.45) is 5.92 Å². The predicted octanol–water partition coefficient (Wildman–Crippen LogP) is 2.23. The van der Waals surface area contributed by atoms with E-state index in [1.54, 1.807) is 0 Å². The molecule has 80 valence electrons. The summed E-state index contributed by atoms with van der Waals surface area (Å²) in [5, 5.41) is 0. The molecule has 2 nitrogen and oxygen atoms in total. The molecule has 2 heteroatoms. The van der Waals surface area contributed by atoms with Crippen LogP contribution < -0.4 is 0 Å². The van der Waals surface area contributed by atoms with Gasteiger partial charge >= 0.3 is 0 Å². The van der Waals surface area contributed by atoms with Crippen LogP contribution in [-0.4, -0.2) is 29.8 Å². The van der Waals surface area contributed by atoms with Crippen molar-refractivity contribution < 1.29 is 4.79 Å². The Balaban J connectivity index is 1.85. The van der Waals surface area contributed by atoms with Crippen LogP contribution in [0, 0.1) is 5.92 Å². The molecule has 1 heterocycles. The zero-order valence-corrected chi connectivity index (χ0v) is 9.17. The van der Waals surface area contributed by atoms with E-state index < -0.39 is 0 Å². The first-order valence-corrected chi connectivity index (χ1v) is 6.01. The van der Waals surface area contributed by atoms with Crippen LogP contribution in [0.3, 0.4) is 0 Å². The molecule has 2 fully saturated rings. The number of rotatable bonds is 1. The molecule has 0 radical (unpaired) electrons. The Bertz CT molecular complexity index is 204. The van der Waals surface area contributed by atoms with Crippen molar-refractivity contribution in [2.75, 3.05) is 13.1 Å². The normalized spacial score (nSPS) is 32.1. The Labute approximate surface area is 86.7 Å². The van der Waals surface area contributed by atoms with Crippen LogP contribution in [0.2, 0.25) is 0 Å². The van der Waals surface area contributed by atoms with E-state index in [1.807, 2.05) is 0 Å². The molecular formula is C12H21NO. The lowest BCUT2D eigenvalue weighted by Crippen LogP contribution is -2.43. The number of carbonyl (C=O) groups excluding carboxylic acids is 1. The summed E-state index contributed by atoms with van der Waals surface area (Å²) in [6, 6.07) is 0.718. The van der Waals surface area contributed by atoms with Crippen LogP contribution in [0.1, 0.15) is 45.4 Å². The first kappa shape index (κ1) is 10.2. The van der Waals surface area contributed by atoms with Gasteiger partial charge in [-0.25, -0.2) is 0 Å². The number of piperidine rings is 1. The van der Waals surface area contributed by atoms with Crippen LogP contribution >= 0.6 is 0 Å². The van der Waals surface area contributed by atoms with Gasteiger partial charge in [-0.05, 0) is 38.1 Å². The first-order valence-electron chi connectivity index (χ1n) is 6.01. The number of likely N-dealkylation sites (tertiary alicyclic amines) is 1. The highest BCUT2D eigenvalue weighted by Crippen LogP contribution is 2.25. The Kier molecular flexibility index (Phi) is 3.22. The zero-order valence-electron chi connectivity index (χ0n) is 9.17. The largest absolute Gasteiger partial charge is 0.300 e. The number of nitrogens with zero attached hydrogens (tertiary/aromatic N) is 1. The first-order chi connectivity index (χ1) is 6.75. The molecule has 0 aromatic heterocycles. The molecule has 1 atom stereocenters. The third kappa shape index (κ3) is 2.35. The van der Waals surface area contributed by atoms with Gasteiger partial charge in [0.2, 0.25) is 0 Å². The number of ketones is 1. The van der Waals surface area contributed by atoms with Gasteiger partial charge in [-0.15, -0.1) is 0 Å². The second-order valence-electron chi connectivity index (χ2n) is 5.01. The van der Waals surface area contributed by atoms with Gasteiger partial charge in [0, 0.05) is 25.4 Å². The van der Waals surface area contributed by atoms with E-state index in [0.717, 1.165) is 37.6 Å². The minimum Gasteiger partial charge on any atom is -0.300 e. The molecule has 0 N–H and O–H groups in total. The number of hydrogen-bond acceptors (Lipinski definition) is 2. The molecule has 1 aliphatic carbocycles. The standard InChI is InChI=1S/C12H21NO/c1-10-3-2-8-13(9-10)11-4-6-12(14)7-5-11/h10-11H,2-9H2,1H3. The van der Waals surface area contributed by atoms with Crippen molar-refractivity contribution in [3.8, 4) is 0 Å². The van der Waals surface area contributed by atoms with Crippen molar-refractivity contribution in [1.82, 2.24) is 4.90 Å². The summed E-state index contributed by atoms with van der Waals surface area (Å²) in [6.45, 7) is 4.88. The van der Waals surface area contributed by atoms with Gasteiger partial charge in [0.15, 0.2) is 0 Å². The summed E-state index contributed by atoms with van der Waals surface area (Å²) < 4.78 is 0. The van der Waals surface area contributed by atoms with Crippen molar-refractivity contribution in [2.45, 2.75) is 51.5 Å². The molecule has 2 aliphatic rings. The number of carbonyl (C=O) groups is 1. The van der Waals surface area contributed by atoms with E-state index in [1.165, 1.54) is 25.9 Å². The summed E-state index contributed by atoms with van der Waals surface area (Å²) in [4.78, 5) is 13.8. The van der Waals surface area contributed by atoms with E-state index >= 15 is 0 Å². The minimum absolute atomic E-state index is 0.478. The molecule has 0 aromatic carbocycles. The van der Waals surface area contributed by atoms with Crippen LogP contribution in [0.5, 0.6) is 0 Å². The molecule has 2 rings (SSSR count). The smallest absolute Gasteiger partial charge is 0.133 e. The Morgan fingerprint density at radius 2 is 1.93 bits per heavy atom. The van der Waals surface area contributed by atoms with Crippen molar-refractivity contribution >= 4 is 5.78 Å². The van der Waals surface area contributed by atoms with Gasteiger partial charge in [0.1, 0.15) is 5.78 Å². The van der Waals surface area contributed by atoms with Crippen molar-refractivity contribution in [3.05, 3.63) is 0 Å². The molecular weight excluding hydrogens is 174 g/mol. The summed E-state index contributed by atoms with van der Waals surface area (Å²) in [6.07, 6.45) is 6.63. The Morgan fingerprint density at radius 3 is 2.57 bits per heavy atom. The summed E-state index contributed by atoms with van der Waals surface area (Å²) in [5.74, 6) is 1.34. The monoisotopic (exact) mass is 195 g/mol. The summed E-state index contributed by atoms with van der Waals surface area (Å²) >= 11 is 0. The molecule has 1 saturated carbocycles. The fourth-order valence-corrected chi connectivity index (χ4v) is 2.85. The van der Waals surface area contributed by atoms with E-state index in [2.05, 4.69) is 11.8 Å².